The maximum Gasteiger partial charge on any atom is 0.270 e. The molecule has 1 heterocycles. The number of carbonyl (C=O) groups is 1. The van der Waals surface area contributed by atoms with Crippen LogP contribution in [0.5, 0.6) is 0 Å². The van der Waals surface area contributed by atoms with Crippen molar-refractivity contribution >= 4 is 5.91 Å². The molecule has 0 aliphatic heterocycles. The number of carbonyl (C=O) groups excluding carboxylic acids is 1. The fourth-order valence-electron chi connectivity index (χ4n) is 1.77. The average molecular weight is 244 g/mol. The number of hydrogen-bond acceptors (Lipinski definition) is 3. The Hall–Kier alpha value is -2.14. The highest BCUT2D eigenvalue weighted by Gasteiger charge is 2.15. The molecule has 0 saturated carbocycles. The number of nitrogens with one attached hydrogen (secondary N) is 1. The molecule has 2 aromatic rings. The molecule has 2 rings (SSSR count). The number of aromatic nitrogens is 2. The quantitative estimate of drug-likeness (QED) is 0.837. The zero-order valence-corrected chi connectivity index (χ0v) is 10.2. The summed E-state index contributed by atoms with van der Waals surface area (Å²) in [6.07, 6.45) is 3.13. The fraction of sp³-hybridized carbons (Fsp3) is 0.231. The molecule has 1 aromatic carbocycles. The summed E-state index contributed by atoms with van der Waals surface area (Å²) in [5, 5.41) is 2.90. The minimum absolute atomic E-state index is 0.172. The molecular formula is C13H16N4O. The molecule has 0 spiro atoms. The van der Waals surface area contributed by atoms with Crippen molar-refractivity contribution in [3.8, 4) is 0 Å². The predicted octanol–water partition coefficient (Wildman–Crippen LogP) is 0.850. The van der Waals surface area contributed by atoms with E-state index in [0.717, 1.165) is 5.56 Å². The second kappa shape index (κ2) is 5.46. The third-order valence-electron chi connectivity index (χ3n) is 2.79. The van der Waals surface area contributed by atoms with Crippen molar-refractivity contribution in [2.45, 2.75) is 6.04 Å². The summed E-state index contributed by atoms with van der Waals surface area (Å²) in [5.74, 6) is -0.172. The van der Waals surface area contributed by atoms with Crippen molar-refractivity contribution in [3.63, 3.8) is 0 Å². The Morgan fingerprint density at radius 3 is 2.72 bits per heavy atom. The third-order valence-corrected chi connectivity index (χ3v) is 2.79. The summed E-state index contributed by atoms with van der Waals surface area (Å²) in [4.78, 5) is 16.0. The van der Waals surface area contributed by atoms with E-state index < -0.39 is 0 Å². The Morgan fingerprint density at radius 1 is 1.44 bits per heavy atom. The van der Waals surface area contributed by atoms with E-state index in [1.54, 1.807) is 17.9 Å². The molecule has 1 unspecified atom stereocenters. The molecule has 5 heteroatoms. The lowest BCUT2D eigenvalue weighted by Gasteiger charge is -2.17. The molecule has 0 saturated heterocycles. The zero-order chi connectivity index (χ0) is 13.0. The molecule has 18 heavy (non-hydrogen) atoms. The zero-order valence-electron chi connectivity index (χ0n) is 10.2. The van der Waals surface area contributed by atoms with Crippen LogP contribution in [0.4, 0.5) is 0 Å². The summed E-state index contributed by atoms with van der Waals surface area (Å²) >= 11 is 0. The minimum Gasteiger partial charge on any atom is -0.343 e. The monoisotopic (exact) mass is 244 g/mol. The van der Waals surface area contributed by atoms with Gasteiger partial charge < -0.3 is 15.6 Å². The number of imidazole rings is 1. The standard InChI is InChI=1S/C13H16N4O/c1-17-9-15-8-12(17)13(18)16-11(7-14)10-5-3-2-4-6-10/h2-6,8-9,11H,7,14H2,1H3,(H,16,18). The van der Waals surface area contributed by atoms with Crippen LogP contribution < -0.4 is 11.1 Å². The Bertz CT molecular complexity index is 521. The van der Waals surface area contributed by atoms with Gasteiger partial charge in [-0.1, -0.05) is 30.3 Å². The molecule has 0 fully saturated rings. The van der Waals surface area contributed by atoms with Gasteiger partial charge >= 0.3 is 0 Å². The summed E-state index contributed by atoms with van der Waals surface area (Å²) in [5.41, 5.74) is 7.22. The van der Waals surface area contributed by atoms with E-state index in [-0.39, 0.29) is 11.9 Å². The Kier molecular flexibility index (Phi) is 3.74. The SMILES string of the molecule is Cn1cncc1C(=O)NC(CN)c1ccccc1. The lowest BCUT2D eigenvalue weighted by molar-refractivity contribution is 0.0929. The average Bonchev–Trinajstić information content (AvgIpc) is 2.83. The van der Waals surface area contributed by atoms with Gasteiger partial charge in [-0.05, 0) is 5.56 Å². The van der Waals surface area contributed by atoms with Gasteiger partial charge in [-0.15, -0.1) is 0 Å². The molecule has 0 radical (unpaired) electrons. The van der Waals surface area contributed by atoms with Gasteiger partial charge in [0.1, 0.15) is 5.69 Å². The molecule has 1 amide bonds. The van der Waals surface area contributed by atoms with Crippen molar-refractivity contribution in [1.29, 1.82) is 0 Å². The molecule has 3 N–H and O–H groups in total. The summed E-state index contributed by atoms with van der Waals surface area (Å²) in [6.45, 7) is 0.355. The first-order chi connectivity index (χ1) is 8.72. The predicted molar refractivity (Wildman–Crippen MR) is 68.9 cm³/mol. The highest BCUT2D eigenvalue weighted by molar-refractivity contribution is 5.92. The van der Waals surface area contributed by atoms with E-state index in [9.17, 15) is 4.79 Å². The second-order valence-electron chi connectivity index (χ2n) is 4.06. The van der Waals surface area contributed by atoms with Gasteiger partial charge in [0.2, 0.25) is 0 Å². The minimum atomic E-state index is -0.186. The number of benzene rings is 1. The fourth-order valence-corrected chi connectivity index (χ4v) is 1.77. The van der Waals surface area contributed by atoms with Gasteiger partial charge in [-0.3, -0.25) is 4.79 Å². The molecule has 0 aliphatic rings. The number of amides is 1. The van der Waals surface area contributed by atoms with Crippen LogP contribution in [0.15, 0.2) is 42.9 Å². The number of nitrogens with two attached hydrogens (primary N) is 1. The first kappa shape index (κ1) is 12.3. The van der Waals surface area contributed by atoms with Crippen molar-refractivity contribution in [3.05, 3.63) is 54.1 Å². The van der Waals surface area contributed by atoms with Gasteiger partial charge in [0.15, 0.2) is 0 Å². The van der Waals surface area contributed by atoms with E-state index in [2.05, 4.69) is 10.3 Å². The number of hydrogen-bond donors (Lipinski definition) is 2. The van der Waals surface area contributed by atoms with Gasteiger partial charge in [0.05, 0.1) is 18.6 Å². The Labute approximate surface area is 106 Å². The largest absolute Gasteiger partial charge is 0.343 e. The van der Waals surface area contributed by atoms with Crippen LogP contribution >= 0.6 is 0 Å². The maximum absolute atomic E-state index is 12.0. The summed E-state index contributed by atoms with van der Waals surface area (Å²) in [7, 11) is 1.78. The van der Waals surface area contributed by atoms with Gasteiger partial charge in [0, 0.05) is 13.6 Å². The first-order valence-electron chi connectivity index (χ1n) is 5.74. The van der Waals surface area contributed by atoms with E-state index >= 15 is 0 Å². The smallest absolute Gasteiger partial charge is 0.270 e. The number of aryl methyl sites for hydroxylation is 1. The molecule has 0 aliphatic carbocycles. The van der Waals surface area contributed by atoms with Crippen LogP contribution in [0.25, 0.3) is 0 Å². The van der Waals surface area contributed by atoms with Gasteiger partial charge in [0.25, 0.3) is 5.91 Å². The van der Waals surface area contributed by atoms with Crippen LogP contribution in [-0.2, 0) is 7.05 Å². The van der Waals surface area contributed by atoms with Crippen LogP contribution in [0.2, 0.25) is 0 Å². The number of rotatable bonds is 4. The van der Waals surface area contributed by atoms with Crippen molar-refractivity contribution in [2.75, 3.05) is 6.54 Å². The molecule has 5 nitrogen and oxygen atoms in total. The maximum atomic E-state index is 12.0. The van der Waals surface area contributed by atoms with Gasteiger partial charge in [-0.25, -0.2) is 4.98 Å². The Balaban J connectivity index is 2.13. The molecule has 0 bridgehead atoms. The lowest BCUT2D eigenvalue weighted by atomic mass is 10.1. The van der Waals surface area contributed by atoms with E-state index in [1.165, 1.54) is 6.20 Å². The van der Waals surface area contributed by atoms with Crippen molar-refractivity contribution < 1.29 is 4.79 Å². The molecular weight excluding hydrogens is 228 g/mol. The van der Waals surface area contributed by atoms with Crippen LogP contribution in [-0.4, -0.2) is 22.0 Å². The van der Waals surface area contributed by atoms with E-state index in [4.69, 9.17) is 5.73 Å². The lowest BCUT2D eigenvalue weighted by Crippen LogP contribution is -2.34. The topological polar surface area (TPSA) is 72.9 Å². The van der Waals surface area contributed by atoms with E-state index in [1.807, 2.05) is 30.3 Å². The Morgan fingerprint density at radius 2 is 2.17 bits per heavy atom. The second-order valence-corrected chi connectivity index (χ2v) is 4.06. The number of nitrogens with zero attached hydrogens (tertiary/aromatic N) is 2. The van der Waals surface area contributed by atoms with Crippen molar-refractivity contribution in [2.24, 2.45) is 12.8 Å². The van der Waals surface area contributed by atoms with Crippen LogP contribution in [0.3, 0.4) is 0 Å². The van der Waals surface area contributed by atoms with E-state index in [0.29, 0.717) is 12.2 Å². The van der Waals surface area contributed by atoms with Gasteiger partial charge in [-0.2, -0.15) is 0 Å². The molecule has 1 aromatic heterocycles. The third kappa shape index (κ3) is 2.57. The molecule has 1 atom stereocenters. The summed E-state index contributed by atoms with van der Waals surface area (Å²) in [6, 6.07) is 9.48. The summed E-state index contributed by atoms with van der Waals surface area (Å²) < 4.78 is 1.67. The van der Waals surface area contributed by atoms with Crippen molar-refractivity contribution in [1.82, 2.24) is 14.9 Å². The molecule has 94 valence electrons. The normalized spacial score (nSPS) is 12.1. The highest BCUT2D eigenvalue weighted by atomic mass is 16.2. The highest BCUT2D eigenvalue weighted by Crippen LogP contribution is 2.11. The van der Waals surface area contributed by atoms with Crippen LogP contribution in [0, 0.1) is 0 Å². The first-order valence-corrected chi connectivity index (χ1v) is 5.74. The van der Waals surface area contributed by atoms with Crippen LogP contribution in [0.1, 0.15) is 22.1 Å².